The van der Waals surface area contributed by atoms with Crippen LogP contribution in [0.3, 0.4) is 0 Å². The lowest BCUT2D eigenvalue weighted by molar-refractivity contribution is 0.0971. The molecule has 0 amide bonds. The number of fused-ring (bicyclic) bond motifs is 2. The molecule has 0 saturated heterocycles. The van der Waals surface area contributed by atoms with Crippen LogP contribution in [0.25, 0.3) is 0 Å². The van der Waals surface area contributed by atoms with Crippen molar-refractivity contribution in [3.63, 3.8) is 0 Å². The van der Waals surface area contributed by atoms with E-state index in [1.807, 2.05) is 0 Å². The van der Waals surface area contributed by atoms with Crippen LogP contribution in [0.4, 0.5) is 0 Å². The van der Waals surface area contributed by atoms with Gasteiger partial charge in [-0.15, -0.1) is 0 Å². The predicted octanol–water partition coefficient (Wildman–Crippen LogP) is 1.12. The molecule has 0 spiro atoms. The van der Waals surface area contributed by atoms with Crippen molar-refractivity contribution in [1.29, 1.82) is 0 Å². The molecular formula is C18H18N2O6S2. The Hall–Kier alpha value is -2.46. The van der Waals surface area contributed by atoms with E-state index >= 15 is 0 Å². The van der Waals surface area contributed by atoms with Crippen molar-refractivity contribution in [2.24, 2.45) is 0 Å². The third-order valence-corrected chi connectivity index (χ3v) is 7.68. The summed E-state index contributed by atoms with van der Waals surface area (Å²) in [5, 5.41) is 0. The number of ketones is 2. The van der Waals surface area contributed by atoms with Gasteiger partial charge < -0.3 is 0 Å². The van der Waals surface area contributed by atoms with Gasteiger partial charge in [0.15, 0.2) is 19.7 Å². The Morgan fingerprint density at radius 3 is 1.39 bits per heavy atom. The van der Waals surface area contributed by atoms with Crippen LogP contribution < -0.4 is 0 Å². The highest BCUT2D eigenvalue weighted by atomic mass is 32.2. The summed E-state index contributed by atoms with van der Waals surface area (Å²) < 4.78 is 48.4. The lowest BCUT2D eigenvalue weighted by atomic mass is 9.89. The zero-order valence-corrected chi connectivity index (χ0v) is 16.9. The molecule has 3 rings (SSSR count). The molecular weight excluding hydrogens is 404 g/mol. The Bertz CT molecular complexity index is 1110. The minimum absolute atomic E-state index is 0.113. The third-order valence-electron chi connectivity index (χ3n) is 4.49. The van der Waals surface area contributed by atoms with E-state index < -0.39 is 42.7 Å². The van der Waals surface area contributed by atoms with Gasteiger partial charge in [0.2, 0.25) is 11.6 Å². The van der Waals surface area contributed by atoms with Gasteiger partial charge in [-0.05, 0) is 0 Å². The van der Waals surface area contributed by atoms with Crippen LogP contribution in [0.1, 0.15) is 57.3 Å². The Morgan fingerprint density at radius 1 is 0.714 bits per heavy atom. The van der Waals surface area contributed by atoms with E-state index in [-0.39, 0.29) is 45.4 Å². The Kier molecular flexibility index (Phi) is 5.20. The van der Waals surface area contributed by atoms with Gasteiger partial charge in [-0.2, -0.15) is 0 Å². The number of hydrogen-bond donors (Lipinski definition) is 0. The number of hydrogen-bond acceptors (Lipinski definition) is 8. The maximum Gasteiger partial charge on any atom is 0.214 e. The van der Waals surface area contributed by atoms with Crippen LogP contribution in [0.15, 0.2) is 24.3 Å². The van der Waals surface area contributed by atoms with Crippen molar-refractivity contribution >= 4 is 31.2 Å². The monoisotopic (exact) mass is 422 g/mol. The standard InChI is InChI=1S/C18H18N2O6S2/c1-3-27(23,24)9-13-14(10-28(25,26)4-2)20-16-15(19-13)17(21)11-7-5-6-8-12(11)18(16)22/h5-8H,3-4,9-10H2,1-2H3. The molecule has 148 valence electrons. The molecule has 1 aromatic heterocycles. The number of rotatable bonds is 6. The SMILES string of the molecule is CCS(=O)(=O)Cc1nc2c(nc1CS(=O)(=O)CC)C(=O)c1ccccc1C2=O. The Balaban J connectivity index is 2.23. The summed E-state index contributed by atoms with van der Waals surface area (Å²) in [6, 6.07) is 6.18. The highest BCUT2D eigenvalue weighted by Crippen LogP contribution is 2.27. The van der Waals surface area contributed by atoms with Crippen molar-refractivity contribution in [1.82, 2.24) is 9.97 Å². The van der Waals surface area contributed by atoms with Crippen LogP contribution in [0.2, 0.25) is 0 Å². The zero-order chi connectivity index (χ0) is 20.7. The summed E-state index contributed by atoms with van der Waals surface area (Å²) in [6.07, 6.45) is 0. The molecule has 1 heterocycles. The first-order valence-electron chi connectivity index (χ1n) is 8.57. The van der Waals surface area contributed by atoms with Gasteiger partial charge in [0.25, 0.3) is 0 Å². The average molecular weight is 422 g/mol. The summed E-state index contributed by atoms with van der Waals surface area (Å²) in [6.45, 7) is 2.91. The maximum atomic E-state index is 12.8. The second kappa shape index (κ2) is 7.17. The molecule has 0 unspecified atom stereocenters. The van der Waals surface area contributed by atoms with Crippen LogP contribution in [-0.2, 0) is 31.2 Å². The van der Waals surface area contributed by atoms with Crippen molar-refractivity contribution in [3.05, 3.63) is 58.2 Å². The summed E-state index contributed by atoms with van der Waals surface area (Å²) >= 11 is 0. The Morgan fingerprint density at radius 2 is 1.07 bits per heavy atom. The van der Waals surface area contributed by atoms with Gasteiger partial charge in [0, 0.05) is 22.6 Å². The molecule has 0 fully saturated rings. The molecule has 0 bridgehead atoms. The minimum Gasteiger partial charge on any atom is -0.287 e. The third kappa shape index (κ3) is 3.74. The second-order valence-electron chi connectivity index (χ2n) is 6.37. The van der Waals surface area contributed by atoms with Crippen LogP contribution in [-0.4, -0.2) is 49.9 Å². The first-order chi connectivity index (χ1) is 13.1. The number of sulfone groups is 2. The van der Waals surface area contributed by atoms with E-state index in [0.29, 0.717) is 0 Å². The van der Waals surface area contributed by atoms with E-state index in [1.54, 1.807) is 12.1 Å². The van der Waals surface area contributed by atoms with Gasteiger partial charge in [0.05, 0.1) is 22.9 Å². The van der Waals surface area contributed by atoms with E-state index in [4.69, 9.17) is 0 Å². The number of nitrogens with zero attached hydrogens (tertiary/aromatic N) is 2. The second-order valence-corrected chi connectivity index (χ2v) is 11.1. The molecule has 0 aliphatic heterocycles. The van der Waals surface area contributed by atoms with Gasteiger partial charge in [-0.3, -0.25) is 9.59 Å². The normalized spacial score (nSPS) is 13.9. The number of carbonyl (C=O) groups is 2. The van der Waals surface area contributed by atoms with Crippen LogP contribution in [0, 0.1) is 0 Å². The molecule has 10 heteroatoms. The lowest BCUT2D eigenvalue weighted by Crippen LogP contribution is -2.27. The van der Waals surface area contributed by atoms with Crippen molar-refractivity contribution < 1.29 is 26.4 Å². The largest absolute Gasteiger partial charge is 0.287 e. The average Bonchev–Trinajstić information content (AvgIpc) is 2.66. The topological polar surface area (TPSA) is 128 Å². The Labute approximate surface area is 162 Å². The smallest absolute Gasteiger partial charge is 0.214 e. The molecule has 2 aromatic rings. The highest BCUT2D eigenvalue weighted by Gasteiger charge is 2.34. The van der Waals surface area contributed by atoms with Crippen LogP contribution >= 0.6 is 0 Å². The minimum atomic E-state index is -3.57. The van der Waals surface area contributed by atoms with E-state index in [9.17, 15) is 26.4 Å². The lowest BCUT2D eigenvalue weighted by Gasteiger charge is -2.18. The highest BCUT2D eigenvalue weighted by molar-refractivity contribution is 7.91. The molecule has 0 N–H and O–H groups in total. The summed E-state index contributed by atoms with van der Waals surface area (Å²) in [5.41, 5.74) is -0.401. The first-order valence-corrected chi connectivity index (χ1v) is 12.2. The molecule has 1 aromatic carbocycles. The van der Waals surface area contributed by atoms with Crippen molar-refractivity contribution in [3.8, 4) is 0 Å². The zero-order valence-electron chi connectivity index (χ0n) is 15.3. The summed E-state index contributed by atoms with van der Waals surface area (Å²) in [4.78, 5) is 33.8. The molecule has 0 radical (unpaired) electrons. The summed E-state index contributed by atoms with van der Waals surface area (Å²) in [7, 11) is -7.14. The summed E-state index contributed by atoms with van der Waals surface area (Å²) in [5.74, 6) is -2.55. The van der Waals surface area contributed by atoms with E-state index in [2.05, 4.69) is 9.97 Å². The number of carbonyl (C=O) groups excluding carboxylic acids is 2. The van der Waals surface area contributed by atoms with Gasteiger partial charge >= 0.3 is 0 Å². The quantitative estimate of drug-likeness (QED) is 0.578. The maximum absolute atomic E-state index is 12.8. The molecule has 1 aliphatic rings. The molecule has 1 aliphatic carbocycles. The van der Waals surface area contributed by atoms with E-state index in [1.165, 1.54) is 26.0 Å². The number of benzene rings is 1. The van der Waals surface area contributed by atoms with Crippen LogP contribution in [0.5, 0.6) is 0 Å². The molecule has 28 heavy (non-hydrogen) atoms. The van der Waals surface area contributed by atoms with Gasteiger partial charge in [-0.25, -0.2) is 26.8 Å². The fraction of sp³-hybridized carbons (Fsp3) is 0.333. The van der Waals surface area contributed by atoms with Gasteiger partial charge in [0.1, 0.15) is 11.4 Å². The molecule has 8 nitrogen and oxygen atoms in total. The van der Waals surface area contributed by atoms with E-state index in [0.717, 1.165) is 0 Å². The molecule has 0 atom stereocenters. The van der Waals surface area contributed by atoms with Gasteiger partial charge in [-0.1, -0.05) is 38.1 Å². The number of aromatic nitrogens is 2. The van der Waals surface area contributed by atoms with Crippen molar-refractivity contribution in [2.75, 3.05) is 11.5 Å². The first kappa shape index (κ1) is 20.3. The fourth-order valence-electron chi connectivity index (χ4n) is 2.81. The molecule has 0 saturated carbocycles. The van der Waals surface area contributed by atoms with Crippen molar-refractivity contribution in [2.45, 2.75) is 25.4 Å². The fourth-order valence-corrected chi connectivity index (χ4v) is 4.51. The predicted molar refractivity (Wildman–Crippen MR) is 102 cm³/mol.